The molecule has 1 aliphatic heterocycles. The number of nitrogens with zero attached hydrogens (tertiary/aromatic N) is 1. The molecule has 1 amide bonds. The van der Waals surface area contributed by atoms with Crippen LogP contribution in [0.15, 0.2) is 29.2 Å². The molecule has 0 saturated carbocycles. The maximum absolute atomic E-state index is 11.7. The molecular weight excluding hydrogens is 300 g/mol. The number of rotatable bonds is 4. The first kappa shape index (κ1) is 14.5. The van der Waals surface area contributed by atoms with Gasteiger partial charge in [-0.1, -0.05) is 36.1 Å². The van der Waals surface area contributed by atoms with E-state index in [2.05, 4.69) is 0 Å². The number of hydrogen-bond donors (Lipinski definition) is 2. The minimum absolute atomic E-state index is 0.308. The molecule has 0 atom stereocenters. The maximum atomic E-state index is 11.7. The number of amides is 1. The van der Waals surface area contributed by atoms with Crippen LogP contribution in [0.3, 0.4) is 0 Å². The number of carbonyl (C=O) groups is 2. The average molecular weight is 310 g/mol. The summed E-state index contributed by atoms with van der Waals surface area (Å²) < 4.78 is 5.31. The number of aliphatic carboxylic acids is 1. The molecule has 1 aliphatic rings. The zero-order chi connectivity index (χ0) is 14.7. The second kappa shape index (κ2) is 6.04. The molecule has 0 spiro atoms. The molecule has 20 heavy (non-hydrogen) atoms. The van der Waals surface area contributed by atoms with Crippen molar-refractivity contribution in [3.63, 3.8) is 0 Å². The third-order valence-corrected chi connectivity index (χ3v) is 3.69. The van der Waals surface area contributed by atoms with Gasteiger partial charge in [0, 0.05) is 0 Å². The summed E-state index contributed by atoms with van der Waals surface area (Å²) in [5, 5.41) is 9.42. The standard InChI is InChI=1S/C12H10N2O4S2/c13-14-11(17)9(20-12(14)19)5-7-1-3-8(4-2-7)18-6-10(15)16/h1-5H,6,13H2,(H,15,16)/b9-5-. The van der Waals surface area contributed by atoms with E-state index in [1.807, 2.05) is 0 Å². The zero-order valence-corrected chi connectivity index (χ0v) is 11.7. The van der Waals surface area contributed by atoms with Crippen molar-refractivity contribution in [1.29, 1.82) is 0 Å². The van der Waals surface area contributed by atoms with Gasteiger partial charge in [0.15, 0.2) is 10.9 Å². The summed E-state index contributed by atoms with van der Waals surface area (Å²) in [4.78, 5) is 22.5. The smallest absolute Gasteiger partial charge is 0.341 e. The molecular formula is C12H10N2O4S2. The Bertz CT molecular complexity index is 598. The van der Waals surface area contributed by atoms with Crippen LogP contribution in [0.25, 0.3) is 6.08 Å². The van der Waals surface area contributed by atoms with Gasteiger partial charge in [-0.05, 0) is 23.8 Å². The van der Waals surface area contributed by atoms with E-state index in [0.29, 0.717) is 15.0 Å². The Balaban J connectivity index is 2.09. The molecule has 0 bridgehead atoms. The number of thiocarbonyl (C=S) groups is 1. The van der Waals surface area contributed by atoms with Crippen molar-refractivity contribution in [2.24, 2.45) is 5.84 Å². The number of carboxylic acids is 1. The highest BCUT2D eigenvalue weighted by atomic mass is 32.2. The van der Waals surface area contributed by atoms with E-state index in [1.165, 1.54) is 0 Å². The first-order chi connectivity index (χ1) is 9.47. The number of benzene rings is 1. The Kier molecular flexibility index (Phi) is 4.38. The van der Waals surface area contributed by atoms with Crippen molar-refractivity contribution in [2.75, 3.05) is 6.61 Å². The molecule has 0 radical (unpaired) electrons. The zero-order valence-electron chi connectivity index (χ0n) is 10.1. The third kappa shape index (κ3) is 3.35. The van der Waals surface area contributed by atoms with E-state index >= 15 is 0 Å². The van der Waals surface area contributed by atoms with Gasteiger partial charge in [-0.3, -0.25) is 4.79 Å². The molecule has 1 fully saturated rings. The maximum Gasteiger partial charge on any atom is 0.341 e. The lowest BCUT2D eigenvalue weighted by Gasteiger charge is -2.04. The van der Waals surface area contributed by atoms with Gasteiger partial charge in [0.05, 0.1) is 4.91 Å². The Hall–Kier alpha value is -1.90. The lowest BCUT2D eigenvalue weighted by Crippen LogP contribution is -2.34. The van der Waals surface area contributed by atoms with Gasteiger partial charge in [-0.2, -0.15) is 0 Å². The summed E-state index contributed by atoms with van der Waals surface area (Å²) in [5.74, 6) is 4.52. The molecule has 1 saturated heterocycles. The van der Waals surface area contributed by atoms with E-state index in [9.17, 15) is 9.59 Å². The molecule has 8 heteroatoms. The van der Waals surface area contributed by atoms with Crippen LogP contribution in [0.1, 0.15) is 5.56 Å². The minimum atomic E-state index is -1.04. The Morgan fingerprint density at radius 3 is 2.60 bits per heavy atom. The molecule has 104 valence electrons. The second-order valence-electron chi connectivity index (χ2n) is 3.80. The molecule has 1 aromatic rings. The summed E-state index contributed by atoms with van der Waals surface area (Å²) in [5.41, 5.74) is 0.765. The highest BCUT2D eigenvalue weighted by Crippen LogP contribution is 2.30. The number of carbonyl (C=O) groups excluding carboxylic acids is 1. The first-order valence-corrected chi connectivity index (χ1v) is 6.67. The number of nitrogens with two attached hydrogens (primary N) is 1. The molecule has 1 heterocycles. The lowest BCUT2D eigenvalue weighted by molar-refractivity contribution is -0.139. The number of hydrazine groups is 1. The highest BCUT2D eigenvalue weighted by Gasteiger charge is 2.29. The summed E-state index contributed by atoms with van der Waals surface area (Å²) in [6.45, 7) is -0.398. The summed E-state index contributed by atoms with van der Waals surface area (Å²) >= 11 is 6.05. The van der Waals surface area contributed by atoms with Crippen molar-refractivity contribution in [3.8, 4) is 5.75 Å². The van der Waals surface area contributed by atoms with Crippen molar-refractivity contribution >= 4 is 46.3 Å². The minimum Gasteiger partial charge on any atom is -0.482 e. The van der Waals surface area contributed by atoms with Crippen LogP contribution in [-0.2, 0) is 9.59 Å². The average Bonchev–Trinajstić information content (AvgIpc) is 2.65. The van der Waals surface area contributed by atoms with Crippen LogP contribution in [0.4, 0.5) is 0 Å². The van der Waals surface area contributed by atoms with Crippen molar-refractivity contribution in [2.45, 2.75) is 0 Å². The summed E-state index contributed by atoms with van der Waals surface area (Å²) in [7, 11) is 0. The van der Waals surface area contributed by atoms with Gasteiger partial charge in [0.1, 0.15) is 5.75 Å². The Morgan fingerprint density at radius 1 is 1.45 bits per heavy atom. The monoisotopic (exact) mass is 310 g/mol. The number of thioether (sulfide) groups is 1. The van der Waals surface area contributed by atoms with Crippen LogP contribution in [0.2, 0.25) is 0 Å². The van der Waals surface area contributed by atoms with E-state index in [1.54, 1.807) is 30.3 Å². The van der Waals surface area contributed by atoms with Crippen LogP contribution in [-0.4, -0.2) is 32.9 Å². The molecule has 1 aromatic carbocycles. The Morgan fingerprint density at radius 2 is 2.10 bits per heavy atom. The van der Waals surface area contributed by atoms with Gasteiger partial charge < -0.3 is 9.84 Å². The fourth-order valence-corrected chi connectivity index (χ4v) is 2.54. The summed E-state index contributed by atoms with van der Waals surface area (Å²) in [6, 6.07) is 6.66. The molecule has 0 aromatic heterocycles. The number of carboxylic acid groups (broad SMARTS) is 1. The predicted octanol–water partition coefficient (Wildman–Crippen LogP) is 1.22. The summed E-state index contributed by atoms with van der Waals surface area (Å²) in [6.07, 6.45) is 1.66. The number of hydrogen-bond acceptors (Lipinski definition) is 6. The predicted molar refractivity (Wildman–Crippen MR) is 78.8 cm³/mol. The Labute approximate surface area is 124 Å². The SMILES string of the molecule is NN1C(=O)/C(=C/c2ccc(OCC(=O)O)cc2)SC1=S. The van der Waals surface area contributed by atoms with E-state index in [-0.39, 0.29) is 5.91 Å². The van der Waals surface area contributed by atoms with Gasteiger partial charge in [-0.15, -0.1) is 0 Å². The normalized spacial score (nSPS) is 16.9. The first-order valence-electron chi connectivity index (χ1n) is 5.44. The van der Waals surface area contributed by atoms with Gasteiger partial charge in [0.25, 0.3) is 5.91 Å². The van der Waals surface area contributed by atoms with Crippen LogP contribution in [0.5, 0.6) is 5.75 Å². The topological polar surface area (TPSA) is 92.9 Å². The molecule has 6 nitrogen and oxygen atoms in total. The fraction of sp³-hybridized carbons (Fsp3) is 0.0833. The van der Waals surface area contributed by atoms with E-state index < -0.39 is 12.6 Å². The van der Waals surface area contributed by atoms with Crippen LogP contribution < -0.4 is 10.6 Å². The third-order valence-electron chi connectivity index (χ3n) is 2.36. The number of ether oxygens (including phenoxy) is 1. The quantitative estimate of drug-likeness (QED) is 0.374. The second-order valence-corrected chi connectivity index (χ2v) is 5.48. The fourth-order valence-electron chi connectivity index (χ4n) is 1.44. The van der Waals surface area contributed by atoms with Gasteiger partial charge in [-0.25, -0.2) is 15.6 Å². The van der Waals surface area contributed by atoms with Gasteiger partial charge >= 0.3 is 5.97 Å². The largest absolute Gasteiger partial charge is 0.482 e. The van der Waals surface area contributed by atoms with E-state index in [0.717, 1.165) is 22.3 Å². The molecule has 0 unspecified atom stereocenters. The lowest BCUT2D eigenvalue weighted by atomic mass is 10.2. The van der Waals surface area contributed by atoms with Crippen LogP contribution in [0, 0.1) is 0 Å². The van der Waals surface area contributed by atoms with Crippen LogP contribution >= 0.6 is 24.0 Å². The van der Waals surface area contributed by atoms with Crippen molar-refractivity contribution in [3.05, 3.63) is 34.7 Å². The molecule has 2 rings (SSSR count). The van der Waals surface area contributed by atoms with Crippen molar-refractivity contribution in [1.82, 2.24) is 5.01 Å². The molecule has 3 N–H and O–H groups in total. The van der Waals surface area contributed by atoms with Gasteiger partial charge in [0.2, 0.25) is 0 Å². The highest BCUT2D eigenvalue weighted by molar-refractivity contribution is 8.26. The van der Waals surface area contributed by atoms with Crippen molar-refractivity contribution < 1.29 is 19.4 Å². The van der Waals surface area contributed by atoms with E-state index in [4.69, 9.17) is 27.9 Å². The molecule has 0 aliphatic carbocycles.